The predicted molar refractivity (Wildman–Crippen MR) is 98.6 cm³/mol. The van der Waals surface area contributed by atoms with Crippen molar-refractivity contribution in [2.45, 2.75) is 6.92 Å². The van der Waals surface area contributed by atoms with Crippen LogP contribution in [-0.4, -0.2) is 40.4 Å². The summed E-state index contributed by atoms with van der Waals surface area (Å²) in [4.78, 5) is 30.8. The van der Waals surface area contributed by atoms with E-state index in [4.69, 9.17) is 0 Å². The van der Waals surface area contributed by atoms with Crippen LogP contribution in [0.3, 0.4) is 0 Å². The van der Waals surface area contributed by atoms with Gasteiger partial charge in [0.05, 0.1) is 5.69 Å². The Kier molecular flexibility index (Phi) is 4.67. The molecule has 0 aliphatic rings. The number of benzene rings is 1. The molecule has 0 fully saturated rings. The number of aromatic nitrogens is 2. The molecule has 0 saturated heterocycles. The molecule has 0 atom stereocenters. The highest BCUT2D eigenvalue weighted by Gasteiger charge is 2.18. The standard InChI is InChI=1S/C18H18N4O2S/c1-12-15(17(24)21(2)3)25-18(19-12)20-16(23)13-6-8-14(9-7-13)22-10-4-5-11-22/h4-11H,1-3H3,(H,19,20,23). The maximum Gasteiger partial charge on any atom is 0.265 e. The summed E-state index contributed by atoms with van der Waals surface area (Å²) in [6.45, 7) is 1.76. The van der Waals surface area contributed by atoms with E-state index in [0.29, 0.717) is 21.3 Å². The molecule has 3 aromatic rings. The van der Waals surface area contributed by atoms with Gasteiger partial charge in [-0.25, -0.2) is 4.98 Å². The van der Waals surface area contributed by atoms with Crippen LogP contribution in [-0.2, 0) is 0 Å². The number of amides is 2. The maximum absolute atomic E-state index is 12.4. The zero-order valence-corrected chi connectivity index (χ0v) is 15.0. The van der Waals surface area contributed by atoms with E-state index >= 15 is 0 Å². The molecule has 0 unspecified atom stereocenters. The molecule has 2 heterocycles. The van der Waals surface area contributed by atoms with E-state index in [1.54, 1.807) is 33.2 Å². The number of rotatable bonds is 4. The van der Waals surface area contributed by atoms with Crippen molar-refractivity contribution in [3.8, 4) is 5.69 Å². The second-order valence-corrected chi connectivity index (χ2v) is 6.72. The Balaban J connectivity index is 1.74. The minimum absolute atomic E-state index is 0.119. The van der Waals surface area contributed by atoms with Gasteiger partial charge in [0.15, 0.2) is 5.13 Å². The van der Waals surface area contributed by atoms with Gasteiger partial charge in [-0.1, -0.05) is 11.3 Å². The van der Waals surface area contributed by atoms with Crippen LogP contribution >= 0.6 is 11.3 Å². The van der Waals surface area contributed by atoms with Gasteiger partial charge in [-0.3, -0.25) is 14.9 Å². The lowest BCUT2D eigenvalue weighted by atomic mass is 10.2. The first-order chi connectivity index (χ1) is 12.0. The average molecular weight is 354 g/mol. The molecule has 0 aliphatic carbocycles. The lowest BCUT2D eigenvalue weighted by Gasteiger charge is -2.07. The summed E-state index contributed by atoms with van der Waals surface area (Å²) in [5.74, 6) is -0.372. The van der Waals surface area contributed by atoms with Crippen LogP contribution in [0.2, 0.25) is 0 Å². The van der Waals surface area contributed by atoms with E-state index in [9.17, 15) is 9.59 Å². The third-order valence-corrected chi connectivity index (χ3v) is 4.71. The fraction of sp³-hybridized carbons (Fsp3) is 0.167. The molecule has 3 rings (SSSR count). The average Bonchev–Trinajstić information content (AvgIpc) is 3.24. The monoisotopic (exact) mass is 354 g/mol. The second-order valence-electron chi connectivity index (χ2n) is 5.72. The summed E-state index contributed by atoms with van der Waals surface area (Å²) >= 11 is 1.18. The number of hydrogen-bond donors (Lipinski definition) is 1. The molecule has 1 N–H and O–H groups in total. The quantitative estimate of drug-likeness (QED) is 0.782. The Morgan fingerprint density at radius 2 is 1.76 bits per heavy atom. The van der Waals surface area contributed by atoms with Crippen molar-refractivity contribution in [2.75, 3.05) is 19.4 Å². The van der Waals surface area contributed by atoms with Crippen molar-refractivity contribution in [1.82, 2.24) is 14.5 Å². The highest BCUT2D eigenvalue weighted by molar-refractivity contribution is 7.17. The first-order valence-electron chi connectivity index (χ1n) is 7.69. The van der Waals surface area contributed by atoms with Crippen LogP contribution in [0.15, 0.2) is 48.8 Å². The summed E-state index contributed by atoms with van der Waals surface area (Å²) in [7, 11) is 3.37. The molecule has 0 saturated carbocycles. The Bertz CT molecular complexity index is 896. The molecule has 6 nitrogen and oxygen atoms in total. The van der Waals surface area contributed by atoms with E-state index in [1.807, 2.05) is 41.2 Å². The lowest BCUT2D eigenvalue weighted by Crippen LogP contribution is -2.21. The molecule has 25 heavy (non-hydrogen) atoms. The van der Waals surface area contributed by atoms with E-state index < -0.39 is 0 Å². The van der Waals surface area contributed by atoms with Crippen LogP contribution in [0.5, 0.6) is 0 Å². The van der Waals surface area contributed by atoms with Crippen LogP contribution < -0.4 is 5.32 Å². The zero-order valence-electron chi connectivity index (χ0n) is 14.2. The van der Waals surface area contributed by atoms with Crippen LogP contribution in [0, 0.1) is 6.92 Å². The molecular weight excluding hydrogens is 336 g/mol. The van der Waals surface area contributed by atoms with Gasteiger partial charge in [-0.2, -0.15) is 0 Å². The number of nitrogens with zero attached hydrogens (tertiary/aromatic N) is 3. The van der Waals surface area contributed by atoms with Crippen molar-refractivity contribution in [2.24, 2.45) is 0 Å². The van der Waals surface area contributed by atoms with E-state index in [1.165, 1.54) is 16.2 Å². The fourth-order valence-corrected chi connectivity index (χ4v) is 3.30. The molecule has 7 heteroatoms. The Labute approximate surface area is 149 Å². The van der Waals surface area contributed by atoms with Crippen molar-refractivity contribution in [3.05, 3.63) is 64.9 Å². The maximum atomic E-state index is 12.4. The van der Waals surface area contributed by atoms with Gasteiger partial charge in [0.25, 0.3) is 11.8 Å². The molecule has 2 amide bonds. The van der Waals surface area contributed by atoms with Crippen LogP contribution in [0.25, 0.3) is 5.69 Å². The van der Waals surface area contributed by atoms with Crippen molar-refractivity contribution < 1.29 is 9.59 Å². The highest BCUT2D eigenvalue weighted by Crippen LogP contribution is 2.24. The minimum Gasteiger partial charge on any atom is -0.344 e. The summed E-state index contributed by atoms with van der Waals surface area (Å²) in [6, 6.07) is 11.2. The van der Waals surface area contributed by atoms with E-state index in [2.05, 4.69) is 10.3 Å². The minimum atomic E-state index is -0.253. The predicted octanol–water partition coefficient (Wildman–Crippen LogP) is 3.20. The summed E-state index contributed by atoms with van der Waals surface area (Å²) in [5, 5.41) is 3.18. The van der Waals surface area contributed by atoms with E-state index in [0.717, 1.165) is 5.69 Å². The van der Waals surface area contributed by atoms with Gasteiger partial charge < -0.3 is 9.47 Å². The Morgan fingerprint density at radius 1 is 1.12 bits per heavy atom. The summed E-state index contributed by atoms with van der Waals surface area (Å²) in [6.07, 6.45) is 3.88. The normalized spacial score (nSPS) is 10.5. The molecule has 0 bridgehead atoms. The largest absolute Gasteiger partial charge is 0.344 e. The van der Waals surface area contributed by atoms with Gasteiger partial charge in [0.1, 0.15) is 4.88 Å². The molecule has 0 radical (unpaired) electrons. The molecule has 128 valence electrons. The van der Waals surface area contributed by atoms with E-state index in [-0.39, 0.29) is 11.8 Å². The number of aryl methyl sites for hydroxylation is 1. The lowest BCUT2D eigenvalue weighted by molar-refractivity contribution is 0.0831. The fourth-order valence-electron chi connectivity index (χ4n) is 2.31. The SMILES string of the molecule is Cc1nc(NC(=O)c2ccc(-n3cccc3)cc2)sc1C(=O)N(C)C. The van der Waals surface area contributed by atoms with Crippen LogP contribution in [0.1, 0.15) is 25.7 Å². The van der Waals surface area contributed by atoms with Gasteiger partial charge >= 0.3 is 0 Å². The Hall–Kier alpha value is -2.93. The number of nitrogens with one attached hydrogen (secondary N) is 1. The van der Waals surface area contributed by atoms with Crippen molar-refractivity contribution in [1.29, 1.82) is 0 Å². The van der Waals surface area contributed by atoms with Gasteiger partial charge in [-0.15, -0.1) is 0 Å². The van der Waals surface area contributed by atoms with Gasteiger partial charge in [0, 0.05) is 37.7 Å². The van der Waals surface area contributed by atoms with Crippen molar-refractivity contribution >= 4 is 28.3 Å². The van der Waals surface area contributed by atoms with Crippen molar-refractivity contribution in [3.63, 3.8) is 0 Å². The number of thiazole rings is 1. The zero-order chi connectivity index (χ0) is 18.0. The number of carbonyl (C=O) groups excluding carboxylic acids is 2. The number of anilines is 1. The van der Waals surface area contributed by atoms with Gasteiger partial charge in [0.2, 0.25) is 0 Å². The summed E-state index contributed by atoms with van der Waals surface area (Å²) in [5.41, 5.74) is 2.12. The molecule has 0 spiro atoms. The third-order valence-electron chi connectivity index (χ3n) is 3.65. The van der Waals surface area contributed by atoms with Crippen LogP contribution in [0.4, 0.5) is 5.13 Å². The first-order valence-corrected chi connectivity index (χ1v) is 8.51. The number of carbonyl (C=O) groups is 2. The molecule has 1 aromatic carbocycles. The smallest absolute Gasteiger partial charge is 0.265 e. The third kappa shape index (κ3) is 3.61. The second kappa shape index (κ2) is 6.90. The first kappa shape index (κ1) is 16.9. The molecular formula is C18H18N4O2S. The Morgan fingerprint density at radius 3 is 2.36 bits per heavy atom. The number of hydrogen-bond acceptors (Lipinski definition) is 4. The van der Waals surface area contributed by atoms with Gasteiger partial charge in [-0.05, 0) is 43.3 Å². The highest BCUT2D eigenvalue weighted by atomic mass is 32.1. The summed E-state index contributed by atoms with van der Waals surface area (Å²) < 4.78 is 1.96. The molecule has 2 aromatic heterocycles. The topological polar surface area (TPSA) is 67.2 Å². The molecule has 0 aliphatic heterocycles.